The number of aromatic amines is 2. The summed E-state index contributed by atoms with van der Waals surface area (Å²) >= 11 is 1.67. The molecule has 2 unspecified atom stereocenters. The quantitative estimate of drug-likeness (QED) is 0.109. The monoisotopic (exact) mass is 745 g/mol. The number of carbonyl (C=O) groups excluding carboxylic acids is 3. The number of rotatable bonds is 11. The molecule has 6 atom stereocenters. The second-order valence-corrected chi connectivity index (χ2v) is 16.3. The van der Waals surface area contributed by atoms with Crippen LogP contribution in [0.5, 0.6) is 0 Å². The summed E-state index contributed by atoms with van der Waals surface area (Å²) < 4.78 is 4.76. The largest absolute Gasteiger partial charge is 0.453 e. The average molecular weight is 746 g/mol. The average Bonchev–Trinajstić information content (AvgIpc) is 4.05. The van der Waals surface area contributed by atoms with Crippen molar-refractivity contribution in [3.8, 4) is 33.6 Å². The van der Waals surface area contributed by atoms with Gasteiger partial charge in [0.1, 0.15) is 17.7 Å². The van der Waals surface area contributed by atoms with Crippen LogP contribution in [0.4, 0.5) is 4.79 Å². The molecule has 12 heteroatoms. The van der Waals surface area contributed by atoms with Gasteiger partial charge in [-0.25, -0.2) is 14.8 Å². The number of thiophene rings is 1. The van der Waals surface area contributed by atoms with E-state index in [1.807, 2.05) is 42.6 Å². The van der Waals surface area contributed by atoms with Crippen LogP contribution in [-0.2, 0) is 20.9 Å². The number of nitrogens with zero attached hydrogens (tertiary/aromatic N) is 3. The number of amides is 3. The van der Waals surface area contributed by atoms with Gasteiger partial charge in [-0.15, -0.1) is 11.3 Å². The lowest BCUT2D eigenvalue weighted by Crippen LogP contribution is -2.51. The van der Waals surface area contributed by atoms with Crippen LogP contribution in [0.25, 0.3) is 33.6 Å². The number of carbonyl (C=O) groups is 3. The highest BCUT2D eigenvalue weighted by Gasteiger charge is 2.52. The lowest BCUT2D eigenvalue weighted by atomic mass is 9.78. The van der Waals surface area contributed by atoms with Crippen molar-refractivity contribution in [1.82, 2.24) is 35.5 Å². The molecule has 1 saturated heterocycles. The highest BCUT2D eigenvalue weighted by atomic mass is 32.1. The molecule has 3 aliphatic rings. The second-order valence-electron chi connectivity index (χ2n) is 15.2. The van der Waals surface area contributed by atoms with E-state index < -0.39 is 12.1 Å². The Hall–Kier alpha value is -5.23. The summed E-state index contributed by atoms with van der Waals surface area (Å²) in [6.45, 7) is 5.01. The van der Waals surface area contributed by atoms with Gasteiger partial charge in [0.2, 0.25) is 11.8 Å². The number of imidazole rings is 2. The van der Waals surface area contributed by atoms with Gasteiger partial charge in [0.25, 0.3) is 0 Å². The molecule has 3 fully saturated rings. The van der Waals surface area contributed by atoms with Crippen LogP contribution in [0, 0.1) is 23.7 Å². The molecule has 3 aromatic heterocycles. The van der Waals surface area contributed by atoms with Gasteiger partial charge in [0.15, 0.2) is 0 Å². The summed E-state index contributed by atoms with van der Waals surface area (Å²) in [6.07, 6.45) is 8.16. The molecule has 5 aromatic rings. The van der Waals surface area contributed by atoms with Crippen molar-refractivity contribution in [3.63, 3.8) is 0 Å². The minimum Gasteiger partial charge on any atom is -0.453 e. The number of hydrogen-bond donors (Lipinski definition) is 4. The van der Waals surface area contributed by atoms with E-state index in [9.17, 15) is 14.4 Å². The van der Waals surface area contributed by atoms with E-state index >= 15 is 0 Å². The number of benzene rings is 2. The molecular weight excluding hydrogens is 699 g/mol. The first-order chi connectivity index (χ1) is 26.3. The van der Waals surface area contributed by atoms with Gasteiger partial charge in [-0.3, -0.25) is 9.59 Å². The first-order valence-electron chi connectivity index (χ1n) is 19.0. The van der Waals surface area contributed by atoms with Crippen LogP contribution >= 0.6 is 11.3 Å². The Balaban J connectivity index is 0.920. The third-order valence-corrected chi connectivity index (χ3v) is 12.6. The second kappa shape index (κ2) is 15.3. The summed E-state index contributed by atoms with van der Waals surface area (Å²) in [4.78, 5) is 58.5. The zero-order valence-corrected chi connectivity index (χ0v) is 31.7. The standard InChI is InChI=1S/C42H47N7O4S/c1-24(2)37(48-42(52)53-3)41(51)49-18-4-7-34(49)38-43-22-32(46-38)27-12-8-25(9-13-27)26-10-14-28(15-11-26)33-23-44-39(47-33)35-29-16-17-30(20-29)36(35)40(50)45-21-31-6-5-19-54-31/h5-6,8-15,19,22-24,29-30,34-37H,4,7,16-18,20-21H2,1-3H3,(H,43,46)(H,44,47)(H,45,50)(H,48,52)/t29?,30?,34-,35+,36+,37-/m0/s1. The molecule has 1 aliphatic heterocycles. The Morgan fingerprint density at radius 2 is 1.50 bits per heavy atom. The SMILES string of the molecule is COC(=O)N[C@H](C(=O)N1CCC[C@H]1c1ncc(-c2ccc(-c3ccc(-c4cnc([C@@H]5C6CCC(C6)[C@H]5C(=O)NCc5cccs5)[nH]4)cc3)cc2)[nH]1)C(C)C. The minimum absolute atomic E-state index is 0.0395. The maximum Gasteiger partial charge on any atom is 0.407 e. The number of alkyl carbamates (subject to hydrolysis) is 1. The molecule has 0 radical (unpaired) electrons. The van der Waals surface area contributed by atoms with E-state index in [-0.39, 0.29) is 35.6 Å². The molecule has 2 saturated carbocycles. The van der Waals surface area contributed by atoms with E-state index in [0.717, 1.165) is 77.4 Å². The highest BCUT2D eigenvalue weighted by molar-refractivity contribution is 7.09. The topological polar surface area (TPSA) is 145 Å². The first kappa shape index (κ1) is 35.8. The van der Waals surface area contributed by atoms with Crippen molar-refractivity contribution >= 4 is 29.2 Å². The molecule has 4 heterocycles. The fraction of sp³-hybridized carbons (Fsp3) is 0.405. The zero-order chi connectivity index (χ0) is 37.3. The molecule has 2 bridgehead atoms. The Morgan fingerprint density at radius 1 is 0.870 bits per heavy atom. The van der Waals surface area contributed by atoms with Crippen molar-refractivity contribution in [3.05, 3.63) is 95.0 Å². The van der Waals surface area contributed by atoms with Gasteiger partial charge in [-0.05, 0) is 83.6 Å². The number of fused-ring (bicyclic) bond motifs is 2. The van der Waals surface area contributed by atoms with E-state index in [0.29, 0.717) is 24.9 Å². The van der Waals surface area contributed by atoms with Crippen molar-refractivity contribution in [2.75, 3.05) is 13.7 Å². The van der Waals surface area contributed by atoms with Crippen molar-refractivity contribution in [2.45, 2.75) is 70.5 Å². The maximum atomic E-state index is 13.5. The number of hydrogen-bond acceptors (Lipinski definition) is 7. The molecule has 2 aromatic carbocycles. The lowest BCUT2D eigenvalue weighted by Gasteiger charge is -2.30. The van der Waals surface area contributed by atoms with Crippen LogP contribution in [0.1, 0.15) is 74.4 Å². The molecular formula is C42H47N7O4S. The molecule has 11 nitrogen and oxygen atoms in total. The predicted molar refractivity (Wildman–Crippen MR) is 208 cm³/mol. The van der Waals surface area contributed by atoms with Gasteiger partial charge in [-0.2, -0.15) is 0 Å². The number of aromatic nitrogens is 4. The van der Waals surface area contributed by atoms with Gasteiger partial charge in [0, 0.05) is 17.3 Å². The Bertz CT molecular complexity index is 2090. The van der Waals surface area contributed by atoms with Gasteiger partial charge in [0.05, 0.1) is 49.4 Å². The van der Waals surface area contributed by atoms with Crippen LogP contribution in [0.15, 0.2) is 78.4 Å². The van der Waals surface area contributed by atoms with Crippen molar-refractivity contribution < 1.29 is 19.1 Å². The molecule has 4 N–H and O–H groups in total. The number of nitrogens with one attached hydrogen (secondary N) is 4. The molecule has 0 spiro atoms. The van der Waals surface area contributed by atoms with Crippen LogP contribution in [0.2, 0.25) is 0 Å². The first-order valence-corrected chi connectivity index (χ1v) is 19.9. The third-order valence-electron chi connectivity index (χ3n) is 11.7. The summed E-state index contributed by atoms with van der Waals surface area (Å²) in [5.41, 5.74) is 6.10. The third kappa shape index (κ3) is 7.06. The molecule has 280 valence electrons. The number of H-pyrrole nitrogens is 2. The Morgan fingerprint density at radius 3 is 2.13 bits per heavy atom. The van der Waals surface area contributed by atoms with E-state index in [1.54, 1.807) is 11.3 Å². The number of likely N-dealkylation sites (tertiary alicyclic amines) is 1. The number of ether oxygens (including phenoxy) is 1. The molecule has 8 rings (SSSR count). The fourth-order valence-corrected chi connectivity index (χ4v) is 9.59. The predicted octanol–water partition coefficient (Wildman–Crippen LogP) is 7.69. The van der Waals surface area contributed by atoms with E-state index in [1.165, 1.54) is 12.0 Å². The maximum absolute atomic E-state index is 13.5. The summed E-state index contributed by atoms with van der Waals surface area (Å²) in [6, 6.07) is 20.1. The Kier molecular flexibility index (Phi) is 10.1. The van der Waals surface area contributed by atoms with Crippen molar-refractivity contribution in [2.24, 2.45) is 23.7 Å². The summed E-state index contributed by atoms with van der Waals surface area (Å²) in [5, 5.41) is 7.96. The van der Waals surface area contributed by atoms with Crippen molar-refractivity contribution in [1.29, 1.82) is 0 Å². The van der Waals surface area contributed by atoms with E-state index in [2.05, 4.69) is 80.2 Å². The highest BCUT2D eigenvalue weighted by Crippen LogP contribution is 2.56. The van der Waals surface area contributed by atoms with Crippen LogP contribution in [0.3, 0.4) is 0 Å². The van der Waals surface area contributed by atoms with Gasteiger partial charge >= 0.3 is 6.09 Å². The normalized spacial score (nSPS) is 22.4. The molecule has 54 heavy (non-hydrogen) atoms. The lowest BCUT2D eigenvalue weighted by molar-refractivity contribution is -0.135. The van der Waals surface area contributed by atoms with E-state index in [4.69, 9.17) is 9.72 Å². The molecule has 2 aliphatic carbocycles. The zero-order valence-electron chi connectivity index (χ0n) is 30.9. The smallest absolute Gasteiger partial charge is 0.407 e. The minimum atomic E-state index is -0.674. The van der Waals surface area contributed by atoms with Gasteiger partial charge < -0.3 is 30.2 Å². The fourth-order valence-electron chi connectivity index (χ4n) is 8.95. The van der Waals surface area contributed by atoms with Crippen LogP contribution < -0.4 is 10.6 Å². The van der Waals surface area contributed by atoms with Gasteiger partial charge in [-0.1, -0.05) is 68.4 Å². The summed E-state index contributed by atoms with van der Waals surface area (Å²) in [5.74, 6) is 2.60. The number of methoxy groups -OCH3 is 1. The summed E-state index contributed by atoms with van der Waals surface area (Å²) in [7, 11) is 1.30. The van der Waals surface area contributed by atoms with Crippen LogP contribution in [-0.4, -0.2) is 62.4 Å². The Labute approximate surface area is 319 Å². The molecule has 3 amide bonds.